The third-order valence-electron chi connectivity index (χ3n) is 1.78. The van der Waals surface area contributed by atoms with E-state index < -0.39 is 6.09 Å². The standard InChI is InChI=1S/C13H15NO2/c1-2-3-4-8-11-16-13(15)14-12-9-6-5-7-10-12/h5-7,9-10H,2,8,11H2,1H3,(H,14,15). The van der Waals surface area contributed by atoms with Crippen LogP contribution in [-0.2, 0) is 4.74 Å². The van der Waals surface area contributed by atoms with Crippen LogP contribution in [0.4, 0.5) is 10.5 Å². The lowest BCUT2D eigenvalue weighted by Gasteiger charge is -2.04. The summed E-state index contributed by atoms with van der Waals surface area (Å²) in [5, 5.41) is 2.62. The van der Waals surface area contributed by atoms with Crippen molar-refractivity contribution in [3.8, 4) is 11.8 Å². The van der Waals surface area contributed by atoms with E-state index in [-0.39, 0.29) is 0 Å². The van der Waals surface area contributed by atoms with E-state index in [2.05, 4.69) is 17.2 Å². The molecule has 0 bridgehead atoms. The lowest BCUT2D eigenvalue weighted by Crippen LogP contribution is -2.13. The van der Waals surface area contributed by atoms with Crippen LogP contribution in [0.2, 0.25) is 0 Å². The molecule has 0 spiro atoms. The van der Waals surface area contributed by atoms with E-state index in [1.54, 1.807) is 12.1 Å². The molecule has 0 saturated carbocycles. The molecule has 1 N–H and O–H groups in total. The molecule has 0 saturated heterocycles. The summed E-state index contributed by atoms with van der Waals surface area (Å²) >= 11 is 0. The number of hydrogen-bond donors (Lipinski definition) is 1. The molecule has 84 valence electrons. The van der Waals surface area contributed by atoms with E-state index in [9.17, 15) is 4.79 Å². The van der Waals surface area contributed by atoms with Crippen LogP contribution in [0.5, 0.6) is 0 Å². The molecule has 0 unspecified atom stereocenters. The van der Waals surface area contributed by atoms with Crippen molar-refractivity contribution in [1.82, 2.24) is 0 Å². The minimum atomic E-state index is -0.440. The summed E-state index contributed by atoms with van der Waals surface area (Å²) in [5.41, 5.74) is 0.729. The maximum atomic E-state index is 11.3. The van der Waals surface area contributed by atoms with E-state index in [1.165, 1.54) is 0 Å². The third-order valence-corrected chi connectivity index (χ3v) is 1.78. The molecule has 0 fully saturated rings. The van der Waals surface area contributed by atoms with Crippen LogP contribution in [-0.4, -0.2) is 12.7 Å². The van der Waals surface area contributed by atoms with Gasteiger partial charge in [-0.15, -0.1) is 5.92 Å². The highest BCUT2D eigenvalue weighted by Crippen LogP contribution is 2.05. The fourth-order valence-electron chi connectivity index (χ4n) is 1.08. The first-order valence-corrected chi connectivity index (χ1v) is 5.27. The van der Waals surface area contributed by atoms with Crippen LogP contribution in [0.1, 0.15) is 19.8 Å². The van der Waals surface area contributed by atoms with Crippen molar-refractivity contribution in [2.45, 2.75) is 19.8 Å². The molecule has 3 nitrogen and oxygen atoms in total. The number of amides is 1. The Morgan fingerprint density at radius 1 is 1.31 bits per heavy atom. The van der Waals surface area contributed by atoms with Crippen LogP contribution in [0.3, 0.4) is 0 Å². The number of benzene rings is 1. The SMILES string of the molecule is CCC#CCCOC(=O)Nc1ccccc1. The Labute approximate surface area is 95.8 Å². The molecular formula is C13H15NO2. The van der Waals surface area contributed by atoms with Gasteiger partial charge in [-0.1, -0.05) is 31.0 Å². The monoisotopic (exact) mass is 217 g/mol. The second-order valence-electron chi connectivity index (χ2n) is 3.08. The Bertz CT molecular complexity index is 376. The predicted molar refractivity (Wildman–Crippen MR) is 64.1 cm³/mol. The first-order valence-electron chi connectivity index (χ1n) is 5.27. The maximum Gasteiger partial charge on any atom is 0.411 e. The number of anilines is 1. The van der Waals surface area contributed by atoms with Gasteiger partial charge in [-0.3, -0.25) is 5.32 Å². The van der Waals surface area contributed by atoms with Crippen LogP contribution in [0, 0.1) is 11.8 Å². The molecular weight excluding hydrogens is 202 g/mol. The van der Waals surface area contributed by atoms with Crippen molar-refractivity contribution >= 4 is 11.8 Å². The molecule has 0 aliphatic rings. The summed E-state index contributed by atoms with van der Waals surface area (Å²) in [4.78, 5) is 11.3. The Kier molecular flexibility index (Phi) is 5.57. The number of ether oxygens (including phenoxy) is 1. The smallest absolute Gasteiger partial charge is 0.411 e. The molecule has 0 aliphatic carbocycles. The molecule has 1 aromatic carbocycles. The summed E-state index contributed by atoms with van der Waals surface area (Å²) in [6, 6.07) is 9.19. The quantitative estimate of drug-likeness (QED) is 0.624. The van der Waals surface area contributed by atoms with Gasteiger partial charge in [-0.2, -0.15) is 0 Å². The molecule has 0 aromatic heterocycles. The number of carbonyl (C=O) groups is 1. The predicted octanol–water partition coefficient (Wildman–Crippen LogP) is 3.04. The molecule has 3 heteroatoms. The molecule has 1 aromatic rings. The van der Waals surface area contributed by atoms with E-state index in [4.69, 9.17) is 4.74 Å². The van der Waals surface area contributed by atoms with Gasteiger partial charge in [0.25, 0.3) is 0 Å². The van der Waals surface area contributed by atoms with Gasteiger partial charge in [-0.05, 0) is 12.1 Å². The molecule has 0 heterocycles. The number of rotatable bonds is 3. The average molecular weight is 217 g/mol. The zero-order valence-electron chi connectivity index (χ0n) is 9.32. The largest absolute Gasteiger partial charge is 0.448 e. The first-order chi connectivity index (χ1) is 7.83. The lowest BCUT2D eigenvalue weighted by atomic mass is 10.3. The fraction of sp³-hybridized carbons (Fsp3) is 0.308. The number of carbonyl (C=O) groups excluding carboxylic acids is 1. The number of hydrogen-bond acceptors (Lipinski definition) is 2. The van der Waals surface area contributed by atoms with Crippen molar-refractivity contribution in [3.63, 3.8) is 0 Å². The normalized spacial score (nSPS) is 8.81. The minimum Gasteiger partial charge on any atom is -0.448 e. The van der Waals surface area contributed by atoms with Gasteiger partial charge in [-0.25, -0.2) is 4.79 Å². The Hall–Kier alpha value is -1.95. The zero-order valence-corrected chi connectivity index (χ0v) is 9.32. The van der Waals surface area contributed by atoms with Gasteiger partial charge in [0, 0.05) is 18.5 Å². The van der Waals surface area contributed by atoms with Gasteiger partial charge >= 0.3 is 6.09 Å². The lowest BCUT2D eigenvalue weighted by molar-refractivity contribution is 0.164. The summed E-state index contributed by atoms with van der Waals surface area (Å²) in [7, 11) is 0. The average Bonchev–Trinajstić information content (AvgIpc) is 2.30. The van der Waals surface area contributed by atoms with Crippen molar-refractivity contribution in [2.75, 3.05) is 11.9 Å². The van der Waals surface area contributed by atoms with Gasteiger partial charge in [0.2, 0.25) is 0 Å². The zero-order chi connectivity index (χ0) is 11.6. The Morgan fingerprint density at radius 3 is 2.75 bits per heavy atom. The first kappa shape index (κ1) is 12.1. The van der Waals surface area contributed by atoms with Gasteiger partial charge in [0.15, 0.2) is 0 Å². The molecule has 0 aliphatic heterocycles. The van der Waals surface area contributed by atoms with Gasteiger partial charge < -0.3 is 4.74 Å². The van der Waals surface area contributed by atoms with Crippen molar-refractivity contribution in [2.24, 2.45) is 0 Å². The highest BCUT2D eigenvalue weighted by atomic mass is 16.5. The topological polar surface area (TPSA) is 38.3 Å². The molecule has 1 amide bonds. The number of para-hydroxylation sites is 1. The van der Waals surface area contributed by atoms with E-state index in [0.29, 0.717) is 13.0 Å². The highest BCUT2D eigenvalue weighted by molar-refractivity contribution is 5.84. The van der Waals surface area contributed by atoms with Crippen LogP contribution in [0.25, 0.3) is 0 Å². The summed E-state index contributed by atoms with van der Waals surface area (Å²) in [6.45, 7) is 2.31. The fourth-order valence-corrected chi connectivity index (χ4v) is 1.08. The van der Waals surface area contributed by atoms with Crippen molar-refractivity contribution in [3.05, 3.63) is 30.3 Å². The van der Waals surface area contributed by atoms with Crippen molar-refractivity contribution in [1.29, 1.82) is 0 Å². The van der Waals surface area contributed by atoms with Gasteiger partial charge in [0.1, 0.15) is 6.61 Å². The van der Waals surface area contributed by atoms with Crippen molar-refractivity contribution < 1.29 is 9.53 Å². The van der Waals surface area contributed by atoms with Crippen LogP contribution in [0.15, 0.2) is 30.3 Å². The summed E-state index contributed by atoms with van der Waals surface area (Å²) in [5.74, 6) is 5.81. The summed E-state index contributed by atoms with van der Waals surface area (Å²) in [6.07, 6.45) is 0.969. The molecule has 0 radical (unpaired) electrons. The molecule has 1 rings (SSSR count). The van der Waals surface area contributed by atoms with Crippen LogP contribution < -0.4 is 5.32 Å². The number of nitrogens with one attached hydrogen (secondary N) is 1. The molecule has 16 heavy (non-hydrogen) atoms. The maximum absolute atomic E-state index is 11.3. The highest BCUT2D eigenvalue weighted by Gasteiger charge is 2.00. The van der Waals surface area contributed by atoms with Gasteiger partial charge in [0.05, 0.1) is 0 Å². The summed E-state index contributed by atoms with van der Waals surface area (Å²) < 4.78 is 4.94. The second-order valence-corrected chi connectivity index (χ2v) is 3.08. The Balaban J connectivity index is 2.21. The second kappa shape index (κ2) is 7.36. The van der Waals surface area contributed by atoms with Crippen LogP contribution >= 0.6 is 0 Å². The van der Waals surface area contributed by atoms with E-state index in [0.717, 1.165) is 12.1 Å². The van der Waals surface area contributed by atoms with E-state index >= 15 is 0 Å². The Morgan fingerprint density at radius 2 is 2.06 bits per heavy atom. The molecule has 0 atom stereocenters. The van der Waals surface area contributed by atoms with E-state index in [1.807, 2.05) is 25.1 Å². The minimum absolute atomic E-state index is 0.325. The third kappa shape index (κ3) is 5.06.